The number of rotatable bonds is 2. The van der Waals surface area contributed by atoms with Gasteiger partial charge in [-0.15, -0.1) is 0 Å². The number of hydrogen-bond donors (Lipinski definition) is 0. The Morgan fingerprint density at radius 1 is 0.500 bits per heavy atom. The minimum Gasteiger partial charge on any atom is -0.309 e. The van der Waals surface area contributed by atoms with Gasteiger partial charge in [0.25, 0.3) is 0 Å². The summed E-state index contributed by atoms with van der Waals surface area (Å²) in [6, 6.07) is 43.8. The third kappa shape index (κ3) is 2.85. The number of aromatic nitrogens is 1. The minimum absolute atomic E-state index is 1.08. The predicted octanol–water partition coefficient (Wildman–Crippen LogP) is 9.52. The van der Waals surface area contributed by atoms with Gasteiger partial charge >= 0.3 is 0 Å². The van der Waals surface area contributed by atoms with Crippen LogP contribution in [0.4, 0.5) is 0 Å². The summed E-state index contributed by atoms with van der Waals surface area (Å²) in [6.07, 6.45) is 0. The molecule has 7 aromatic rings. The minimum atomic E-state index is 1.08. The summed E-state index contributed by atoms with van der Waals surface area (Å²) in [7, 11) is 0. The smallest absolute Gasteiger partial charge is 0.0548 e. The van der Waals surface area contributed by atoms with E-state index in [4.69, 9.17) is 0 Å². The Bertz CT molecular complexity index is 1780. The summed E-state index contributed by atoms with van der Waals surface area (Å²) >= 11 is 3.66. The zero-order valence-electron chi connectivity index (χ0n) is 18.4. The number of hydrogen-bond acceptors (Lipinski definition) is 0. The number of nitrogens with zero attached hydrogens (tertiary/aromatic N) is 1. The molecule has 0 spiro atoms. The van der Waals surface area contributed by atoms with Crippen molar-refractivity contribution in [2.75, 3.05) is 0 Å². The molecule has 34 heavy (non-hydrogen) atoms. The fourth-order valence-corrected chi connectivity index (χ4v) is 5.78. The van der Waals surface area contributed by atoms with E-state index in [0.29, 0.717) is 0 Å². The molecule has 0 saturated carbocycles. The molecule has 0 unspecified atom stereocenters. The quantitative estimate of drug-likeness (QED) is 0.224. The average Bonchev–Trinajstić information content (AvgIpc) is 3.24. The molecule has 0 fully saturated rings. The van der Waals surface area contributed by atoms with Gasteiger partial charge in [-0.25, -0.2) is 0 Å². The molecular weight excluding hydrogens is 478 g/mol. The van der Waals surface area contributed by atoms with E-state index in [-0.39, 0.29) is 0 Å². The second-order valence-electron chi connectivity index (χ2n) is 8.72. The second kappa shape index (κ2) is 7.58. The van der Waals surface area contributed by atoms with Crippen molar-refractivity contribution in [2.24, 2.45) is 0 Å². The van der Waals surface area contributed by atoms with Gasteiger partial charge in [-0.05, 0) is 57.4 Å². The van der Waals surface area contributed by atoms with E-state index in [9.17, 15) is 0 Å². The van der Waals surface area contributed by atoms with Crippen LogP contribution in [0.2, 0.25) is 0 Å². The number of halogens is 1. The molecule has 1 aromatic heterocycles. The van der Waals surface area contributed by atoms with Gasteiger partial charge in [-0.2, -0.15) is 0 Å². The van der Waals surface area contributed by atoms with E-state index in [0.717, 1.165) is 4.47 Å². The van der Waals surface area contributed by atoms with E-state index >= 15 is 0 Å². The van der Waals surface area contributed by atoms with Crippen LogP contribution in [0.5, 0.6) is 0 Å². The van der Waals surface area contributed by atoms with Crippen LogP contribution in [0.15, 0.2) is 126 Å². The van der Waals surface area contributed by atoms with Gasteiger partial charge in [0.05, 0.1) is 16.7 Å². The predicted molar refractivity (Wildman–Crippen MR) is 149 cm³/mol. The lowest BCUT2D eigenvalue weighted by Crippen LogP contribution is -1.97. The molecule has 0 aliphatic carbocycles. The van der Waals surface area contributed by atoms with Gasteiger partial charge in [0.1, 0.15) is 0 Å². The third-order valence-corrected chi connectivity index (χ3v) is 7.32. The average molecular weight is 498 g/mol. The van der Waals surface area contributed by atoms with E-state index in [2.05, 4.69) is 142 Å². The fraction of sp³-hybridized carbons (Fsp3) is 0. The topological polar surface area (TPSA) is 4.93 Å². The molecule has 0 bridgehead atoms. The van der Waals surface area contributed by atoms with Crippen molar-refractivity contribution in [3.8, 4) is 16.8 Å². The van der Waals surface area contributed by atoms with Crippen LogP contribution in [-0.4, -0.2) is 4.57 Å². The molecule has 0 amide bonds. The van der Waals surface area contributed by atoms with Gasteiger partial charge in [0.15, 0.2) is 0 Å². The Labute approximate surface area is 206 Å². The van der Waals surface area contributed by atoms with Crippen LogP contribution in [0.1, 0.15) is 0 Å². The molecule has 1 nitrogen and oxygen atoms in total. The van der Waals surface area contributed by atoms with Crippen molar-refractivity contribution in [3.05, 3.63) is 126 Å². The molecule has 0 N–H and O–H groups in total. The van der Waals surface area contributed by atoms with Gasteiger partial charge in [-0.1, -0.05) is 107 Å². The van der Waals surface area contributed by atoms with Crippen molar-refractivity contribution in [2.45, 2.75) is 0 Å². The maximum absolute atomic E-state index is 3.66. The first-order valence-electron chi connectivity index (χ1n) is 11.5. The SMILES string of the molecule is Brc1cccc(-c2ccccc2-n2c3ccc4ccccc4c3c3c4ccccc4ccc32)c1. The summed E-state index contributed by atoms with van der Waals surface area (Å²) in [4.78, 5) is 0. The summed E-state index contributed by atoms with van der Waals surface area (Å²) < 4.78 is 3.53. The van der Waals surface area contributed by atoms with Gasteiger partial charge in [-0.3, -0.25) is 0 Å². The van der Waals surface area contributed by atoms with Gasteiger partial charge in [0, 0.05) is 20.8 Å². The number of benzene rings is 6. The van der Waals surface area contributed by atoms with E-state index in [1.165, 1.54) is 60.2 Å². The van der Waals surface area contributed by atoms with Crippen LogP contribution in [-0.2, 0) is 0 Å². The molecule has 1 heterocycles. The summed E-state index contributed by atoms with van der Waals surface area (Å²) in [5, 5.41) is 7.74. The Morgan fingerprint density at radius 2 is 1.09 bits per heavy atom. The van der Waals surface area contributed by atoms with E-state index < -0.39 is 0 Å². The van der Waals surface area contributed by atoms with Crippen LogP contribution < -0.4 is 0 Å². The number of para-hydroxylation sites is 1. The molecule has 0 saturated heterocycles. The van der Waals surface area contributed by atoms with E-state index in [1.807, 2.05) is 0 Å². The van der Waals surface area contributed by atoms with Crippen molar-refractivity contribution in [3.63, 3.8) is 0 Å². The molecule has 0 radical (unpaired) electrons. The standard InChI is InChI=1S/C32H20BrN/c33-24-11-7-10-23(20-24)25-12-5-6-15-28(25)34-29-18-16-21-8-1-3-13-26(21)31(29)32-27-14-4-2-9-22(27)17-19-30(32)34/h1-20H. The summed E-state index contributed by atoms with van der Waals surface area (Å²) in [5.41, 5.74) is 6.05. The monoisotopic (exact) mass is 497 g/mol. The third-order valence-electron chi connectivity index (χ3n) is 6.83. The molecule has 6 aromatic carbocycles. The summed E-state index contributed by atoms with van der Waals surface area (Å²) in [6.45, 7) is 0. The molecule has 0 aliphatic rings. The first-order valence-corrected chi connectivity index (χ1v) is 12.3. The largest absolute Gasteiger partial charge is 0.309 e. The fourth-order valence-electron chi connectivity index (χ4n) is 5.38. The maximum atomic E-state index is 3.66. The Hall–Kier alpha value is -3.88. The van der Waals surface area contributed by atoms with Crippen LogP contribution >= 0.6 is 15.9 Å². The highest BCUT2D eigenvalue weighted by atomic mass is 79.9. The molecule has 2 heteroatoms. The lowest BCUT2D eigenvalue weighted by Gasteiger charge is -2.14. The lowest BCUT2D eigenvalue weighted by atomic mass is 10.00. The molecule has 0 atom stereocenters. The Morgan fingerprint density at radius 3 is 1.74 bits per heavy atom. The Balaban J connectivity index is 1.70. The highest BCUT2D eigenvalue weighted by Gasteiger charge is 2.18. The molecule has 7 rings (SSSR count). The maximum Gasteiger partial charge on any atom is 0.0548 e. The van der Waals surface area contributed by atoms with Crippen molar-refractivity contribution in [1.82, 2.24) is 4.57 Å². The van der Waals surface area contributed by atoms with Crippen molar-refractivity contribution >= 4 is 59.3 Å². The van der Waals surface area contributed by atoms with Crippen LogP contribution in [0.3, 0.4) is 0 Å². The second-order valence-corrected chi connectivity index (χ2v) is 9.64. The van der Waals surface area contributed by atoms with Crippen molar-refractivity contribution < 1.29 is 0 Å². The Kier molecular flexibility index (Phi) is 4.36. The zero-order chi connectivity index (χ0) is 22.6. The van der Waals surface area contributed by atoms with Crippen LogP contribution in [0.25, 0.3) is 60.2 Å². The highest BCUT2D eigenvalue weighted by Crippen LogP contribution is 2.42. The molecule has 160 valence electrons. The normalized spacial score (nSPS) is 11.7. The summed E-state index contributed by atoms with van der Waals surface area (Å²) in [5.74, 6) is 0. The van der Waals surface area contributed by atoms with E-state index in [1.54, 1.807) is 0 Å². The first kappa shape index (κ1) is 19.6. The lowest BCUT2D eigenvalue weighted by molar-refractivity contribution is 1.18. The zero-order valence-corrected chi connectivity index (χ0v) is 20.0. The van der Waals surface area contributed by atoms with Gasteiger partial charge in [0.2, 0.25) is 0 Å². The molecule has 0 aliphatic heterocycles. The first-order chi connectivity index (χ1) is 16.8. The van der Waals surface area contributed by atoms with Crippen molar-refractivity contribution in [1.29, 1.82) is 0 Å². The number of fused-ring (bicyclic) bond motifs is 7. The van der Waals surface area contributed by atoms with Crippen LogP contribution in [0, 0.1) is 0 Å². The van der Waals surface area contributed by atoms with Gasteiger partial charge < -0.3 is 4.57 Å². The molecular formula is C32H20BrN. The highest BCUT2D eigenvalue weighted by molar-refractivity contribution is 9.10.